The summed E-state index contributed by atoms with van der Waals surface area (Å²) in [5.41, 5.74) is 4.07. The molecular formula is C39H57ClN8O3S. The Bertz CT molecular complexity index is 1770. The number of para-hydroxylation sites is 1. The van der Waals surface area contributed by atoms with Gasteiger partial charge >= 0.3 is 0 Å². The van der Waals surface area contributed by atoms with E-state index < -0.39 is 15.1 Å². The molecule has 0 aliphatic carbocycles. The summed E-state index contributed by atoms with van der Waals surface area (Å²) in [6.07, 6.45) is 6.34. The second-order valence-electron chi connectivity index (χ2n) is 15.3. The Labute approximate surface area is 316 Å². The number of rotatable bonds is 17. The van der Waals surface area contributed by atoms with E-state index >= 15 is 0 Å². The van der Waals surface area contributed by atoms with Crippen molar-refractivity contribution >= 4 is 44.6 Å². The monoisotopic (exact) mass is 752 g/mol. The number of benzene rings is 2. The third kappa shape index (κ3) is 9.19. The van der Waals surface area contributed by atoms with E-state index in [9.17, 15) is 8.42 Å². The summed E-state index contributed by atoms with van der Waals surface area (Å²) in [5, 5.41) is 6.09. The van der Waals surface area contributed by atoms with Gasteiger partial charge in [-0.3, -0.25) is 0 Å². The largest absolute Gasteiger partial charge is 0.495 e. The summed E-state index contributed by atoms with van der Waals surface area (Å²) >= 11 is 6.46. The van der Waals surface area contributed by atoms with Crippen LogP contribution in [0.1, 0.15) is 51.2 Å². The Morgan fingerprint density at radius 3 is 2.17 bits per heavy atom. The molecule has 0 unspecified atom stereocenters. The van der Waals surface area contributed by atoms with E-state index in [1.807, 2.05) is 0 Å². The van der Waals surface area contributed by atoms with E-state index in [1.54, 1.807) is 45.2 Å². The zero-order valence-electron chi connectivity index (χ0n) is 31.6. The predicted octanol–water partition coefficient (Wildman–Crippen LogP) is 6.08. The second kappa shape index (κ2) is 17.0. The van der Waals surface area contributed by atoms with E-state index in [-0.39, 0.29) is 9.92 Å². The van der Waals surface area contributed by atoms with Crippen LogP contribution in [-0.4, -0.2) is 129 Å². The zero-order valence-corrected chi connectivity index (χ0v) is 33.2. The number of sulfone groups is 1. The van der Waals surface area contributed by atoms with Crippen molar-refractivity contribution in [3.63, 3.8) is 0 Å². The van der Waals surface area contributed by atoms with Gasteiger partial charge in [0.15, 0.2) is 15.7 Å². The molecule has 3 saturated heterocycles. The average molecular weight is 753 g/mol. The molecule has 0 saturated carbocycles. The minimum Gasteiger partial charge on any atom is -0.495 e. The van der Waals surface area contributed by atoms with Crippen LogP contribution in [0, 0.1) is 12.3 Å². The number of nitrogens with zero attached hydrogens (tertiary/aromatic N) is 6. The molecule has 0 amide bonds. The van der Waals surface area contributed by atoms with Gasteiger partial charge in [0.25, 0.3) is 0 Å². The maximum Gasteiger partial charge on any atom is 0.229 e. The van der Waals surface area contributed by atoms with E-state index in [4.69, 9.17) is 16.3 Å². The van der Waals surface area contributed by atoms with Gasteiger partial charge in [0.1, 0.15) is 10.8 Å². The first-order chi connectivity index (χ1) is 25.0. The molecule has 2 aromatic carbocycles. The standard InChI is InChI=1S/C39H57ClN8O3S/c1-6-7-14-45-18-20-46(21-19-45)15-10-16-47-25-39(26-47)27-48(28-39)17-13-31-23-35(51-5)34(22-30(31)4)43-38-41-24-32(40)37(44-38)42-33-11-8-9-12-36(33)52(49,50)29(2)3/h8-9,11-12,22-24,29H,6-7,10,13-21,25-28H2,1-5H3,(H2,41,42,43,44). The maximum absolute atomic E-state index is 13.0. The Kier molecular flexibility index (Phi) is 12.6. The third-order valence-corrected chi connectivity index (χ3v) is 13.4. The van der Waals surface area contributed by atoms with Gasteiger partial charge in [0.05, 0.1) is 34.8 Å². The van der Waals surface area contributed by atoms with Crippen LogP contribution in [0.2, 0.25) is 5.02 Å². The number of hydrogen-bond donors (Lipinski definition) is 2. The van der Waals surface area contributed by atoms with E-state index in [0.717, 1.165) is 24.2 Å². The van der Waals surface area contributed by atoms with Crippen molar-refractivity contribution in [2.75, 3.05) is 96.3 Å². The topological polar surface area (TPSA) is 106 Å². The number of likely N-dealkylation sites (tertiary alicyclic amines) is 2. The SMILES string of the molecule is CCCCN1CCN(CCCN2CC3(C2)CN(CCc2cc(OC)c(Nc4ncc(Cl)c(Nc5ccccc5S(=O)(=O)C(C)C)n4)cc2C)C3)CC1. The van der Waals surface area contributed by atoms with Gasteiger partial charge in [-0.1, -0.05) is 37.1 Å². The quantitative estimate of drug-likeness (QED) is 0.168. The molecule has 11 nitrogen and oxygen atoms in total. The summed E-state index contributed by atoms with van der Waals surface area (Å²) in [5.74, 6) is 1.31. The van der Waals surface area contributed by atoms with Crippen LogP contribution in [0.25, 0.3) is 0 Å². The minimum atomic E-state index is -3.53. The predicted molar refractivity (Wildman–Crippen MR) is 212 cm³/mol. The normalized spacial score (nSPS) is 18.4. The molecule has 284 valence electrons. The zero-order chi connectivity index (χ0) is 36.9. The molecule has 13 heteroatoms. The Balaban J connectivity index is 0.967. The van der Waals surface area contributed by atoms with Gasteiger partial charge in [-0.2, -0.15) is 4.98 Å². The van der Waals surface area contributed by atoms with Crippen molar-refractivity contribution in [3.05, 3.63) is 58.7 Å². The van der Waals surface area contributed by atoms with Gasteiger partial charge in [0.2, 0.25) is 5.95 Å². The molecule has 3 fully saturated rings. The van der Waals surface area contributed by atoms with E-state index in [0.29, 0.717) is 28.6 Å². The van der Waals surface area contributed by atoms with Crippen molar-refractivity contribution in [1.82, 2.24) is 29.6 Å². The number of anilines is 4. The number of hydrogen-bond acceptors (Lipinski definition) is 11. The fraction of sp³-hybridized carbons (Fsp3) is 0.590. The lowest BCUT2D eigenvalue weighted by Crippen LogP contribution is -2.72. The molecule has 0 atom stereocenters. The fourth-order valence-corrected chi connectivity index (χ4v) is 9.18. The number of halogens is 1. The summed E-state index contributed by atoms with van der Waals surface area (Å²) < 4.78 is 31.8. The molecule has 2 N–H and O–H groups in total. The minimum absolute atomic E-state index is 0.193. The maximum atomic E-state index is 13.0. The summed E-state index contributed by atoms with van der Waals surface area (Å²) in [6, 6.07) is 10.9. The first kappa shape index (κ1) is 38.7. The lowest BCUT2D eigenvalue weighted by Gasteiger charge is -2.60. The molecule has 3 aromatic rings. The summed E-state index contributed by atoms with van der Waals surface area (Å²) in [6.45, 7) is 22.3. The molecule has 3 aliphatic rings. The third-order valence-electron chi connectivity index (χ3n) is 10.9. The number of unbranched alkanes of at least 4 members (excludes halogenated alkanes) is 1. The highest BCUT2D eigenvalue weighted by molar-refractivity contribution is 7.92. The average Bonchev–Trinajstić information content (AvgIpc) is 3.09. The van der Waals surface area contributed by atoms with Gasteiger partial charge in [-0.25, -0.2) is 13.4 Å². The first-order valence-electron chi connectivity index (χ1n) is 18.9. The van der Waals surface area contributed by atoms with Crippen LogP contribution >= 0.6 is 11.6 Å². The van der Waals surface area contributed by atoms with Crippen molar-refractivity contribution in [1.29, 1.82) is 0 Å². The molecule has 1 aromatic heterocycles. The van der Waals surface area contributed by atoms with Crippen LogP contribution in [0.5, 0.6) is 5.75 Å². The van der Waals surface area contributed by atoms with Crippen molar-refractivity contribution in [2.24, 2.45) is 5.41 Å². The number of aryl methyl sites for hydroxylation is 1. The molecule has 3 aliphatic heterocycles. The summed E-state index contributed by atoms with van der Waals surface area (Å²) in [4.78, 5) is 19.7. The van der Waals surface area contributed by atoms with Crippen molar-refractivity contribution in [3.8, 4) is 5.75 Å². The Hall–Kier alpha value is -3.00. The van der Waals surface area contributed by atoms with Gasteiger partial charge in [-0.15, -0.1) is 0 Å². The van der Waals surface area contributed by atoms with E-state index in [1.165, 1.54) is 103 Å². The van der Waals surface area contributed by atoms with Crippen LogP contribution in [-0.2, 0) is 16.3 Å². The molecule has 6 rings (SSSR count). The Morgan fingerprint density at radius 1 is 0.885 bits per heavy atom. The van der Waals surface area contributed by atoms with Gasteiger partial charge < -0.3 is 35.0 Å². The number of methoxy groups -OCH3 is 1. The molecule has 0 radical (unpaired) electrons. The number of aromatic nitrogens is 2. The fourth-order valence-electron chi connectivity index (χ4n) is 7.84. The first-order valence-corrected chi connectivity index (χ1v) is 20.9. The molecular weight excluding hydrogens is 696 g/mol. The smallest absolute Gasteiger partial charge is 0.229 e. The highest BCUT2D eigenvalue weighted by atomic mass is 35.5. The lowest BCUT2D eigenvalue weighted by atomic mass is 9.72. The summed E-state index contributed by atoms with van der Waals surface area (Å²) in [7, 11) is -1.87. The number of ether oxygens (including phenoxy) is 1. The van der Waals surface area contributed by atoms with Crippen LogP contribution < -0.4 is 15.4 Å². The van der Waals surface area contributed by atoms with Crippen LogP contribution in [0.4, 0.5) is 23.1 Å². The van der Waals surface area contributed by atoms with Gasteiger partial charge in [0, 0.05) is 64.3 Å². The second-order valence-corrected chi connectivity index (χ2v) is 18.2. The lowest BCUT2D eigenvalue weighted by molar-refractivity contribution is -0.114. The van der Waals surface area contributed by atoms with Crippen molar-refractivity contribution in [2.45, 2.75) is 63.5 Å². The molecule has 0 bridgehead atoms. The van der Waals surface area contributed by atoms with Crippen LogP contribution in [0.3, 0.4) is 0 Å². The number of nitrogens with one attached hydrogen (secondary N) is 2. The van der Waals surface area contributed by atoms with E-state index in [2.05, 4.69) is 66.2 Å². The number of piperazine rings is 1. The molecule has 52 heavy (non-hydrogen) atoms. The van der Waals surface area contributed by atoms with Crippen LogP contribution in [0.15, 0.2) is 47.5 Å². The van der Waals surface area contributed by atoms with Crippen molar-refractivity contribution < 1.29 is 13.2 Å². The highest BCUT2D eigenvalue weighted by Crippen LogP contribution is 2.40. The molecule has 4 heterocycles. The highest BCUT2D eigenvalue weighted by Gasteiger charge is 2.50. The van der Waals surface area contributed by atoms with Gasteiger partial charge in [-0.05, 0) is 95.1 Å². The Morgan fingerprint density at radius 2 is 1.52 bits per heavy atom. The molecule has 1 spiro atoms.